The monoisotopic (exact) mass is 473 g/mol. The summed E-state index contributed by atoms with van der Waals surface area (Å²) in [6.45, 7) is 2.69. The largest absolute Gasteiger partial charge is 0.464 e. The molecule has 0 unspecified atom stereocenters. The van der Waals surface area contributed by atoms with Crippen LogP contribution in [-0.4, -0.2) is 47.7 Å². The van der Waals surface area contributed by atoms with Gasteiger partial charge in [0.15, 0.2) is 5.78 Å². The van der Waals surface area contributed by atoms with Gasteiger partial charge in [-0.15, -0.1) is 0 Å². The summed E-state index contributed by atoms with van der Waals surface area (Å²) in [6.07, 6.45) is 3.06. The minimum atomic E-state index is -4.15. The summed E-state index contributed by atoms with van der Waals surface area (Å²) in [4.78, 5) is 29.4. The Morgan fingerprint density at radius 3 is 2.39 bits per heavy atom. The van der Waals surface area contributed by atoms with Crippen LogP contribution in [0, 0.1) is 19.7 Å². The quantitative estimate of drug-likeness (QED) is 0.368. The highest BCUT2D eigenvalue weighted by Crippen LogP contribution is 2.25. The second kappa shape index (κ2) is 9.63. The zero-order valence-electron chi connectivity index (χ0n) is 18.7. The first-order valence-corrected chi connectivity index (χ1v) is 11.4. The van der Waals surface area contributed by atoms with Crippen LogP contribution in [0.4, 0.5) is 4.39 Å². The summed E-state index contributed by atoms with van der Waals surface area (Å²) < 4.78 is 47.5. The van der Waals surface area contributed by atoms with Crippen LogP contribution >= 0.6 is 0 Å². The lowest BCUT2D eigenvalue weighted by Gasteiger charge is -2.22. The van der Waals surface area contributed by atoms with Gasteiger partial charge in [-0.25, -0.2) is 17.6 Å². The van der Waals surface area contributed by atoms with E-state index in [4.69, 9.17) is 4.74 Å². The molecule has 0 N–H and O–H groups in total. The SMILES string of the molecule is COC(=O)c1c(C)c(C(=O)CN(Cc2cccnc2)S(=O)(=O)c2ccc(F)cc2)c(C)n1C. The maximum atomic E-state index is 13.4. The normalized spacial score (nSPS) is 11.6. The molecule has 0 aliphatic rings. The number of carbonyl (C=O) groups excluding carboxylic acids is 2. The van der Waals surface area contributed by atoms with E-state index in [9.17, 15) is 22.4 Å². The average Bonchev–Trinajstić information content (AvgIpc) is 3.01. The van der Waals surface area contributed by atoms with Gasteiger partial charge in [0.25, 0.3) is 0 Å². The van der Waals surface area contributed by atoms with E-state index in [1.165, 1.54) is 13.3 Å². The Hall–Kier alpha value is -3.37. The van der Waals surface area contributed by atoms with Crippen LogP contribution in [0.2, 0.25) is 0 Å². The molecule has 8 nitrogen and oxygen atoms in total. The molecule has 0 amide bonds. The molecule has 174 valence electrons. The third kappa shape index (κ3) is 4.86. The Kier molecular flexibility index (Phi) is 7.09. The number of carbonyl (C=O) groups is 2. The van der Waals surface area contributed by atoms with Gasteiger partial charge in [-0.3, -0.25) is 9.78 Å². The van der Waals surface area contributed by atoms with Crippen LogP contribution in [0.1, 0.15) is 37.7 Å². The van der Waals surface area contributed by atoms with Crippen LogP contribution in [-0.2, 0) is 28.4 Å². The van der Waals surface area contributed by atoms with E-state index in [-0.39, 0.29) is 22.7 Å². The van der Waals surface area contributed by atoms with E-state index in [1.54, 1.807) is 43.8 Å². The fraction of sp³-hybridized carbons (Fsp3) is 0.261. The number of ether oxygens (including phenoxy) is 1. The number of nitrogens with zero attached hydrogens (tertiary/aromatic N) is 3. The lowest BCUT2D eigenvalue weighted by molar-refractivity contribution is 0.0588. The minimum absolute atomic E-state index is 0.117. The topological polar surface area (TPSA) is 98.6 Å². The van der Waals surface area contributed by atoms with E-state index >= 15 is 0 Å². The summed E-state index contributed by atoms with van der Waals surface area (Å²) in [5.74, 6) is -1.65. The molecule has 3 rings (SSSR count). The first kappa shape index (κ1) is 24.3. The number of esters is 1. The van der Waals surface area contributed by atoms with Crippen molar-refractivity contribution >= 4 is 21.8 Å². The molecule has 3 aromatic rings. The van der Waals surface area contributed by atoms with Gasteiger partial charge in [-0.2, -0.15) is 4.31 Å². The maximum absolute atomic E-state index is 13.4. The average molecular weight is 474 g/mol. The fourth-order valence-electron chi connectivity index (χ4n) is 3.69. The Morgan fingerprint density at radius 2 is 1.82 bits per heavy atom. The van der Waals surface area contributed by atoms with Crippen molar-refractivity contribution in [3.8, 4) is 0 Å². The summed E-state index contributed by atoms with van der Waals surface area (Å²) in [5.41, 5.74) is 1.97. The summed E-state index contributed by atoms with van der Waals surface area (Å²) in [6, 6.07) is 7.75. The molecular formula is C23H24FN3O5S. The first-order chi connectivity index (χ1) is 15.6. The van der Waals surface area contributed by atoms with E-state index in [2.05, 4.69) is 4.98 Å². The molecule has 0 saturated heterocycles. The van der Waals surface area contributed by atoms with Gasteiger partial charge in [0.2, 0.25) is 10.0 Å². The standard InChI is InChI=1S/C23H24FN3O5S/c1-15-21(16(2)26(3)22(15)23(29)32-4)20(28)14-27(13-17-6-5-11-25-12-17)33(30,31)19-9-7-18(24)8-10-19/h5-12H,13-14H2,1-4H3. The summed E-state index contributed by atoms with van der Waals surface area (Å²) in [5, 5.41) is 0. The lowest BCUT2D eigenvalue weighted by Crippen LogP contribution is -2.35. The van der Waals surface area contributed by atoms with Crippen molar-refractivity contribution in [2.45, 2.75) is 25.3 Å². The molecule has 0 aliphatic carbocycles. The number of pyridine rings is 1. The van der Waals surface area contributed by atoms with Gasteiger partial charge in [-0.1, -0.05) is 6.07 Å². The third-order valence-corrected chi connectivity index (χ3v) is 7.25. The van der Waals surface area contributed by atoms with Crippen LogP contribution < -0.4 is 0 Å². The third-order valence-electron chi connectivity index (χ3n) is 5.44. The lowest BCUT2D eigenvalue weighted by atomic mass is 10.1. The molecule has 1 aromatic carbocycles. The number of Topliss-reactive ketones (excluding diaryl/α,β-unsaturated/α-hetero) is 1. The molecule has 2 heterocycles. The van der Waals surface area contributed by atoms with Crippen molar-refractivity contribution in [2.24, 2.45) is 7.05 Å². The number of sulfonamides is 1. The molecule has 10 heteroatoms. The smallest absolute Gasteiger partial charge is 0.354 e. The van der Waals surface area contributed by atoms with Crippen molar-refractivity contribution in [3.63, 3.8) is 0 Å². The van der Waals surface area contributed by atoms with E-state index in [1.807, 2.05) is 0 Å². The predicted molar refractivity (Wildman–Crippen MR) is 119 cm³/mol. The highest BCUT2D eigenvalue weighted by Gasteiger charge is 2.31. The van der Waals surface area contributed by atoms with Gasteiger partial charge in [0.05, 0.1) is 18.6 Å². The fourth-order valence-corrected chi connectivity index (χ4v) is 5.07. The first-order valence-electron chi connectivity index (χ1n) is 10.00. The predicted octanol–water partition coefficient (Wildman–Crippen LogP) is 3.04. The van der Waals surface area contributed by atoms with Crippen LogP contribution in [0.25, 0.3) is 0 Å². The van der Waals surface area contributed by atoms with Crippen LogP contribution in [0.3, 0.4) is 0 Å². The van der Waals surface area contributed by atoms with Crippen molar-refractivity contribution in [1.29, 1.82) is 0 Å². The molecule has 0 aliphatic heterocycles. The molecular weight excluding hydrogens is 449 g/mol. The molecule has 2 aromatic heterocycles. The van der Waals surface area contributed by atoms with Gasteiger partial charge in [0.1, 0.15) is 11.5 Å². The zero-order chi connectivity index (χ0) is 24.3. The van der Waals surface area contributed by atoms with Crippen molar-refractivity contribution < 1.29 is 27.1 Å². The number of aromatic nitrogens is 2. The molecule has 0 fully saturated rings. The molecule has 0 bridgehead atoms. The number of halogens is 1. The second-order valence-electron chi connectivity index (χ2n) is 7.50. The van der Waals surface area contributed by atoms with E-state index < -0.39 is 34.1 Å². The molecule has 0 atom stereocenters. The van der Waals surface area contributed by atoms with Crippen molar-refractivity contribution in [3.05, 3.63) is 82.7 Å². The van der Waals surface area contributed by atoms with Gasteiger partial charge in [-0.05, 0) is 55.3 Å². The summed E-state index contributed by atoms with van der Waals surface area (Å²) >= 11 is 0. The Morgan fingerprint density at radius 1 is 1.15 bits per heavy atom. The number of hydrogen-bond donors (Lipinski definition) is 0. The Bertz CT molecular complexity index is 1290. The number of ketones is 1. The van der Waals surface area contributed by atoms with Gasteiger partial charge < -0.3 is 9.30 Å². The van der Waals surface area contributed by atoms with Crippen LogP contribution in [0.15, 0.2) is 53.7 Å². The number of benzene rings is 1. The highest BCUT2D eigenvalue weighted by atomic mass is 32.2. The zero-order valence-corrected chi connectivity index (χ0v) is 19.5. The van der Waals surface area contributed by atoms with E-state index in [0.717, 1.165) is 28.6 Å². The van der Waals surface area contributed by atoms with Crippen LogP contribution in [0.5, 0.6) is 0 Å². The van der Waals surface area contributed by atoms with Gasteiger partial charge in [0, 0.05) is 37.2 Å². The van der Waals surface area contributed by atoms with Gasteiger partial charge >= 0.3 is 5.97 Å². The number of hydrogen-bond acceptors (Lipinski definition) is 6. The molecule has 0 saturated carbocycles. The van der Waals surface area contributed by atoms with E-state index in [0.29, 0.717) is 16.8 Å². The maximum Gasteiger partial charge on any atom is 0.354 e. The Labute approximate surface area is 191 Å². The summed E-state index contributed by atoms with van der Waals surface area (Å²) in [7, 11) is -1.27. The van der Waals surface area contributed by atoms with Crippen molar-refractivity contribution in [2.75, 3.05) is 13.7 Å². The number of methoxy groups -OCH3 is 1. The molecule has 33 heavy (non-hydrogen) atoms. The number of rotatable bonds is 8. The molecule has 0 radical (unpaired) electrons. The second-order valence-corrected chi connectivity index (χ2v) is 9.43. The Balaban J connectivity index is 2.03. The minimum Gasteiger partial charge on any atom is -0.464 e. The van der Waals surface area contributed by atoms with Crippen molar-refractivity contribution in [1.82, 2.24) is 13.9 Å². The highest BCUT2D eigenvalue weighted by molar-refractivity contribution is 7.89. The molecule has 0 spiro atoms.